The van der Waals surface area contributed by atoms with E-state index in [1.165, 1.54) is 23.9 Å². The molecular formula is C25H22BrFN4O3S. The van der Waals surface area contributed by atoms with Crippen LogP contribution in [-0.4, -0.2) is 33.5 Å². The number of anilines is 1. The minimum absolute atomic E-state index is 0.0220. The second kappa shape index (κ2) is 11.4. The quantitative estimate of drug-likeness (QED) is 0.253. The van der Waals surface area contributed by atoms with Gasteiger partial charge in [-0.1, -0.05) is 45.9 Å². The van der Waals surface area contributed by atoms with E-state index in [1.807, 2.05) is 66.1 Å². The average Bonchev–Trinajstić information content (AvgIpc) is 3.30. The van der Waals surface area contributed by atoms with Crippen molar-refractivity contribution in [3.8, 4) is 17.2 Å². The molecule has 0 radical (unpaired) electrons. The number of benzene rings is 3. The first-order valence-electron chi connectivity index (χ1n) is 10.6. The number of nitrogens with zero attached hydrogens (tertiary/aromatic N) is 3. The highest BCUT2D eigenvalue weighted by Gasteiger charge is 2.22. The number of carbonyl (C=O) groups is 1. The Kier molecular flexibility index (Phi) is 8.04. The van der Waals surface area contributed by atoms with Crippen molar-refractivity contribution in [2.45, 2.75) is 18.2 Å². The van der Waals surface area contributed by atoms with Gasteiger partial charge in [-0.25, -0.2) is 4.39 Å². The zero-order valence-corrected chi connectivity index (χ0v) is 21.3. The summed E-state index contributed by atoms with van der Waals surface area (Å²) in [5.41, 5.74) is 0.949. The molecule has 10 heteroatoms. The number of para-hydroxylation sites is 1. The molecule has 3 aromatic carbocycles. The summed E-state index contributed by atoms with van der Waals surface area (Å²) in [6.07, 6.45) is -0.434. The summed E-state index contributed by atoms with van der Waals surface area (Å²) < 4.78 is 27.8. The minimum Gasteiger partial charge on any atom is -0.497 e. The summed E-state index contributed by atoms with van der Waals surface area (Å²) in [6.45, 7) is 1.88. The fraction of sp³-hybridized carbons (Fsp3) is 0.160. The summed E-state index contributed by atoms with van der Waals surface area (Å²) in [4.78, 5) is 12.5. The van der Waals surface area contributed by atoms with Crippen LogP contribution in [0.3, 0.4) is 0 Å². The normalized spacial score (nSPS) is 11.7. The van der Waals surface area contributed by atoms with E-state index in [1.54, 1.807) is 13.2 Å². The van der Waals surface area contributed by atoms with E-state index >= 15 is 0 Å². The van der Waals surface area contributed by atoms with Gasteiger partial charge in [0.2, 0.25) is 5.91 Å². The fourth-order valence-corrected chi connectivity index (χ4v) is 4.37. The van der Waals surface area contributed by atoms with Crippen LogP contribution in [0.2, 0.25) is 0 Å². The van der Waals surface area contributed by atoms with Crippen molar-refractivity contribution in [1.29, 1.82) is 0 Å². The van der Waals surface area contributed by atoms with E-state index in [0.717, 1.165) is 11.4 Å². The molecule has 0 aliphatic carbocycles. The summed E-state index contributed by atoms with van der Waals surface area (Å²) in [6, 6.07) is 21.3. The van der Waals surface area contributed by atoms with E-state index in [9.17, 15) is 9.18 Å². The van der Waals surface area contributed by atoms with Gasteiger partial charge in [0.1, 0.15) is 17.3 Å². The van der Waals surface area contributed by atoms with Crippen LogP contribution in [0.15, 0.2) is 82.4 Å². The molecule has 0 spiro atoms. The van der Waals surface area contributed by atoms with E-state index in [2.05, 4.69) is 31.4 Å². The molecule has 0 bridgehead atoms. The van der Waals surface area contributed by atoms with Crippen molar-refractivity contribution in [3.63, 3.8) is 0 Å². The molecule has 1 heterocycles. The Morgan fingerprint density at radius 2 is 1.80 bits per heavy atom. The Morgan fingerprint density at radius 3 is 2.49 bits per heavy atom. The van der Waals surface area contributed by atoms with Crippen molar-refractivity contribution < 1.29 is 18.7 Å². The van der Waals surface area contributed by atoms with E-state index in [-0.39, 0.29) is 17.3 Å². The first-order chi connectivity index (χ1) is 16.9. The number of hydrogen-bond donors (Lipinski definition) is 1. The zero-order chi connectivity index (χ0) is 24.8. The highest BCUT2D eigenvalue weighted by Crippen LogP contribution is 2.29. The second-order valence-electron chi connectivity index (χ2n) is 7.41. The fourth-order valence-electron chi connectivity index (χ4n) is 3.28. The third kappa shape index (κ3) is 6.20. The lowest BCUT2D eigenvalue weighted by atomic mass is 10.3. The Bertz CT molecular complexity index is 1300. The maximum atomic E-state index is 14.1. The maximum Gasteiger partial charge on any atom is 0.234 e. The SMILES string of the molecule is COc1ccc(OC(C)c2nnc(SCC(=O)Nc3ccc(Br)cc3F)n2-c2ccccc2)cc1. The summed E-state index contributed by atoms with van der Waals surface area (Å²) >= 11 is 4.41. The number of ether oxygens (including phenoxy) is 2. The molecule has 0 saturated carbocycles. The number of carbonyl (C=O) groups excluding carboxylic acids is 1. The molecule has 7 nitrogen and oxygen atoms in total. The van der Waals surface area contributed by atoms with Crippen molar-refractivity contribution in [2.24, 2.45) is 0 Å². The number of thioether (sulfide) groups is 1. The van der Waals surface area contributed by atoms with Gasteiger partial charge in [-0.3, -0.25) is 9.36 Å². The Labute approximate surface area is 214 Å². The lowest BCUT2D eigenvalue weighted by Crippen LogP contribution is -2.16. The molecule has 35 heavy (non-hydrogen) atoms. The summed E-state index contributed by atoms with van der Waals surface area (Å²) in [7, 11) is 1.61. The van der Waals surface area contributed by atoms with Gasteiger partial charge in [-0.15, -0.1) is 10.2 Å². The third-order valence-electron chi connectivity index (χ3n) is 4.95. The number of methoxy groups -OCH3 is 1. The van der Waals surface area contributed by atoms with Crippen molar-refractivity contribution >= 4 is 39.3 Å². The highest BCUT2D eigenvalue weighted by molar-refractivity contribution is 9.10. The van der Waals surface area contributed by atoms with Gasteiger partial charge < -0.3 is 14.8 Å². The van der Waals surface area contributed by atoms with Gasteiger partial charge in [0.05, 0.1) is 18.6 Å². The Balaban J connectivity index is 1.52. The van der Waals surface area contributed by atoms with Gasteiger partial charge >= 0.3 is 0 Å². The molecule has 1 amide bonds. The van der Waals surface area contributed by atoms with Gasteiger partial charge in [-0.05, 0) is 61.5 Å². The molecule has 1 atom stereocenters. The monoisotopic (exact) mass is 556 g/mol. The van der Waals surface area contributed by atoms with E-state index in [4.69, 9.17) is 9.47 Å². The van der Waals surface area contributed by atoms with E-state index in [0.29, 0.717) is 21.2 Å². The van der Waals surface area contributed by atoms with Crippen LogP contribution in [0.4, 0.5) is 10.1 Å². The smallest absolute Gasteiger partial charge is 0.234 e. The number of hydrogen-bond acceptors (Lipinski definition) is 6. The molecule has 0 aliphatic heterocycles. The minimum atomic E-state index is -0.517. The lowest BCUT2D eigenvalue weighted by Gasteiger charge is -2.17. The third-order valence-corrected chi connectivity index (χ3v) is 6.37. The largest absolute Gasteiger partial charge is 0.497 e. The van der Waals surface area contributed by atoms with Crippen LogP contribution in [0, 0.1) is 5.82 Å². The van der Waals surface area contributed by atoms with Crippen LogP contribution >= 0.6 is 27.7 Å². The van der Waals surface area contributed by atoms with Gasteiger partial charge in [0, 0.05) is 10.2 Å². The lowest BCUT2D eigenvalue weighted by molar-refractivity contribution is -0.113. The molecule has 4 rings (SSSR count). The number of nitrogens with one attached hydrogen (secondary N) is 1. The van der Waals surface area contributed by atoms with Gasteiger partial charge in [0.25, 0.3) is 0 Å². The topological polar surface area (TPSA) is 78.3 Å². The molecular weight excluding hydrogens is 535 g/mol. The Hall–Kier alpha value is -3.37. The van der Waals surface area contributed by atoms with Crippen molar-refractivity contribution in [3.05, 3.63) is 88.9 Å². The second-order valence-corrected chi connectivity index (χ2v) is 9.27. The van der Waals surface area contributed by atoms with E-state index < -0.39 is 11.9 Å². The molecule has 1 unspecified atom stereocenters. The van der Waals surface area contributed by atoms with Gasteiger partial charge in [-0.2, -0.15) is 0 Å². The van der Waals surface area contributed by atoms with Crippen LogP contribution in [-0.2, 0) is 4.79 Å². The molecule has 4 aromatic rings. The predicted molar refractivity (Wildman–Crippen MR) is 137 cm³/mol. The number of rotatable bonds is 9. The molecule has 0 fully saturated rings. The molecule has 0 aliphatic rings. The molecule has 180 valence electrons. The van der Waals surface area contributed by atoms with Gasteiger partial charge in [0.15, 0.2) is 17.1 Å². The van der Waals surface area contributed by atoms with Crippen LogP contribution in [0.25, 0.3) is 5.69 Å². The maximum absolute atomic E-state index is 14.1. The molecule has 1 N–H and O–H groups in total. The molecule has 0 saturated heterocycles. The number of aromatic nitrogens is 3. The van der Waals surface area contributed by atoms with Crippen molar-refractivity contribution in [2.75, 3.05) is 18.2 Å². The first-order valence-corrected chi connectivity index (χ1v) is 12.4. The van der Waals surface area contributed by atoms with Crippen LogP contribution in [0.1, 0.15) is 18.9 Å². The predicted octanol–water partition coefficient (Wildman–Crippen LogP) is 6.05. The number of amides is 1. The highest BCUT2D eigenvalue weighted by atomic mass is 79.9. The van der Waals surface area contributed by atoms with Crippen LogP contribution in [0.5, 0.6) is 11.5 Å². The standard InChI is InChI=1S/C25H22BrFN4O3S/c1-16(34-20-11-9-19(33-2)10-12-20)24-29-30-25(31(24)18-6-4-3-5-7-18)35-15-23(32)28-22-13-8-17(26)14-21(22)27/h3-14,16H,15H2,1-2H3,(H,28,32). The average molecular weight is 557 g/mol. The van der Waals surface area contributed by atoms with Crippen LogP contribution < -0.4 is 14.8 Å². The zero-order valence-electron chi connectivity index (χ0n) is 18.9. The first kappa shape index (κ1) is 24.7. The summed E-state index contributed by atoms with van der Waals surface area (Å²) in [5.74, 6) is 1.12. The molecule has 1 aromatic heterocycles. The van der Waals surface area contributed by atoms with Crippen molar-refractivity contribution in [1.82, 2.24) is 14.8 Å². The summed E-state index contributed by atoms with van der Waals surface area (Å²) in [5, 5.41) is 11.8. The Morgan fingerprint density at radius 1 is 1.09 bits per heavy atom. The number of halogens is 2.